The van der Waals surface area contributed by atoms with Gasteiger partial charge in [0.15, 0.2) is 11.5 Å². The molecule has 0 saturated carbocycles. The van der Waals surface area contributed by atoms with Crippen LogP contribution in [0.15, 0.2) is 52.8 Å². The number of aromatic hydroxyl groups is 1. The predicted molar refractivity (Wildman–Crippen MR) is 81.8 cm³/mol. The monoisotopic (exact) mass is 318 g/mol. The summed E-state index contributed by atoms with van der Waals surface area (Å²) in [5, 5.41) is 11.1. The third-order valence-electron chi connectivity index (χ3n) is 3.38. The average Bonchev–Trinajstić information content (AvgIpc) is 2.78. The van der Waals surface area contributed by atoms with Gasteiger partial charge < -0.3 is 14.6 Å². The van der Waals surface area contributed by atoms with Crippen LogP contribution in [0.2, 0.25) is 0 Å². The first-order valence-corrected chi connectivity index (χ1v) is 8.11. The van der Waals surface area contributed by atoms with Gasteiger partial charge in [0.1, 0.15) is 12.4 Å². The summed E-state index contributed by atoms with van der Waals surface area (Å²) in [6, 6.07) is 11.5. The number of hydrogen-bond acceptors (Lipinski definition) is 5. The Morgan fingerprint density at radius 3 is 2.50 bits per heavy atom. The molecule has 0 amide bonds. The Morgan fingerprint density at radius 1 is 1.05 bits per heavy atom. The number of hydrogen-bond donors (Lipinski definition) is 1. The lowest BCUT2D eigenvalue weighted by Gasteiger charge is -2.11. The van der Waals surface area contributed by atoms with Crippen molar-refractivity contribution in [3.05, 3.63) is 53.4 Å². The van der Waals surface area contributed by atoms with Crippen molar-refractivity contribution in [1.29, 1.82) is 0 Å². The fourth-order valence-electron chi connectivity index (χ4n) is 2.39. The number of benzene rings is 2. The zero-order valence-electron chi connectivity index (χ0n) is 11.8. The van der Waals surface area contributed by atoms with E-state index >= 15 is 0 Å². The molecule has 1 heterocycles. The smallest absolute Gasteiger partial charge is 0.200 e. The highest BCUT2D eigenvalue weighted by Crippen LogP contribution is 2.39. The SMILES string of the molecule is COc1ccccc1OCC1=CS(=O)(=O)c2cccc(O)c21. The summed E-state index contributed by atoms with van der Waals surface area (Å²) in [6.07, 6.45) is 0. The molecular weight excluding hydrogens is 304 g/mol. The van der Waals surface area contributed by atoms with Crippen LogP contribution >= 0.6 is 0 Å². The topological polar surface area (TPSA) is 72.8 Å². The summed E-state index contributed by atoms with van der Waals surface area (Å²) in [5.41, 5.74) is 0.719. The van der Waals surface area contributed by atoms with Gasteiger partial charge in [0.05, 0.1) is 12.0 Å². The molecule has 6 heteroatoms. The predicted octanol–water partition coefficient (Wildman–Crippen LogP) is 2.61. The summed E-state index contributed by atoms with van der Waals surface area (Å²) < 4.78 is 35.0. The lowest BCUT2D eigenvalue weighted by Crippen LogP contribution is -2.01. The van der Waals surface area contributed by atoms with Crippen LogP contribution in [0.25, 0.3) is 5.57 Å². The Morgan fingerprint density at radius 2 is 1.77 bits per heavy atom. The van der Waals surface area contributed by atoms with Crippen molar-refractivity contribution in [3.63, 3.8) is 0 Å². The third-order valence-corrected chi connectivity index (χ3v) is 4.93. The van der Waals surface area contributed by atoms with Crippen molar-refractivity contribution in [3.8, 4) is 17.2 Å². The van der Waals surface area contributed by atoms with Gasteiger partial charge in [-0.1, -0.05) is 18.2 Å². The Hall–Kier alpha value is -2.47. The van der Waals surface area contributed by atoms with Crippen LogP contribution in [-0.2, 0) is 9.84 Å². The summed E-state index contributed by atoms with van der Waals surface area (Å²) in [4.78, 5) is 0.103. The maximum Gasteiger partial charge on any atom is 0.200 e. The number of phenolic OH excluding ortho intramolecular Hbond substituents is 1. The van der Waals surface area contributed by atoms with E-state index in [-0.39, 0.29) is 17.3 Å². The second-order valence-corrected chi connectivity index (χ2v) is 6.54. The maximum atomic E-state index is 12.1. The minimum Gasteiger partial charge on any atom is -0.507 e. The Balaban J connectivity index is 1.92. The molecule has 0 fully saturated rings. The molecule has 1 N–H and O–H groups in total. The molecule has 0 unspecified atom stereocenters. The van der Waals surface area contributed by atoms with Gasteiger partial charge in [-0.3, -0.25) is 0 Å². The molecule has 3 rings (SSSR count). The first kappa shape index (κ1) is 14.5. The van der Waals surface area contributed by atoms with Crippen LogP contribution in [0.1, 0.15) is 5.56 Å². The van der Waals surface area contributed by atoms with E-state index in [0.29, 0.717) is 22.6 Å². The van der Waals surface area contributed by atoms with Crippen LogP contribution in [0.4, 0.5) is 0 Å². The minimum absolute atomic E-state index is 0.0180. The number of phenols is 1. The number of rotatable bonds is 4. The van der Waals surface area contributed by atoms with Crippen molar-refractivity contribution >= 4 is 15.4 Å². The van der Waals surface area contributed by atoms with E-state index in [4.69, 9.17) is 9.47 Å². The molecular formula is C16H14O5S. The van der Waals surface area contributed by atoms with E-state index in [0.717, 1.165) is 5.41 Å². The molecule has 2 aromatic carbocycles. The fourth-order valence-corrected chi connectivity index (χ4v) is 3.86. The highest BCUT2D eigenvalue weighted by atomic mass is 32.2. The number of sulfone groups is 1. The third kappa shape index (κ3) is 2.42. The standard InChI is InChI=1S/C16H14O5S/c1-20-13-6-2-3-7-14(13)21-9-11-10-22(18,19)15-8-4-5-12(17)16(11)15/h2-8,10,17H,9H2,1H3. The first-order chi connectivity index (χ1) is 10.5. The van der Waals surface area contributed by atoms with Crippen LogP contribution in [0.5, 0.6) is 17.2 Å². The molecule has 0 bridgehead atoms. The zero-order valence-corrected chi connectivity index (χ0v) is 12.6. The second-order valence-electron chi connectivity index (χ2n) is 4.78. The van der Waals surface area contributed by atoms with Gasteiger partial charge in [-0.05, 0) is 24.3 Å². The van der Waals surface area contributed by atoms with E-state index in [1.807, 2.05) is 6.07 Å². The molecule has 0 spiro atoms. The molecule has 0 saturated heterocycles. The van der Waals surface area contributed by atoms with Crippen LogP contribution in [0.3, 0.4) is 0 Å². The summed E-state index contributed by atoms with van der Waals surface area (Å²) >= 11 is 0. The summed E-state index contributed by atoms with van der Waals surface area (Å²) in [5.74, 6) is 0.988. The van der Waals surface area contributed by atoms with E-state index < -0.39 is 9.84 Å². The van der Waals surface area contributed by atoms with E-state index in [1.54, 1.807) is 18.2 Å². The molecule has 0 aliphatic carbocycles. The maximum absolute atomic E-state index is 12.1. The quantitative estimate of drug-likeness (QED) is 0.938. The molecule has 1 aliphatic heterocycles. The van der Waals surface area contributed by atoms with Gasteiger partial charge in [-0.2, -0.15) is 0 Å². The van der Waals surface area contributed by atoms with Gasteiger partial charge in [0.25, 0.3) is 0 Å². The molecule has 22 heavy (non-hydrogen) atoms. The average molecular weight is 318 g/mol. The largest absolute Gasteiger partial charge is 0.507 e. The van der Waals surface area contributed by atoms with Crippen LogP contribution in [0, 0.1) is 0 Å². The highest BCUT2D eigenvalue weighted by molar-refractivity contribution is 7.95. The molecule has 0 radical (unpaired) electrons. The molecule has 0 aromatic heterocycles. The van der Waals surface area contributed by atoms with Gasteiger partial charge in [0.2, 0.25) is 9.84 Å². The van der Waals surface area contributed by atoms with Gasteiger partial charge in [0, 0.05) is 16.5 Å². The van der Waals surface area contributed by atoms with Crippen molar-refractivity contribution in [2.75, 3.05) is 13.7 Å². The summed E-state index contributed by atoms with van der Waals surface area (Å²) in [6.45, 7) is 0.0180. The normalized spacial score (nSPS) is 15.0. The molecule has 114 valence electrons. The lowest BCUT2D eigenvalue weighted by molar-refractivity contribution is 0.330. The van der Waals surface area contributed by atoms with Crippen LogP contribution in [-0.4, -0.2) is 27.2 Å². The van der Waals surface area contributed by atoms with Gasteiger partial charge >= 0.3 is 0 Å². The second kappa shape index (κ2) is 5.38. The van der Waals surface area contributed by atoms with Crippen molar-refractivity contribution in [2.45, 2.75) is 4.90 Å². The Labute approximate surface area is 128 Å². The molecule has 1 aliphatic rings. The summed E-state index contributed by atoms with van der Waals surface area (Å²) in [7, 11) is -2.00. The van der Waals surface area contributed by atoms with Crippen molar-refractivity contribution < 1.29 is 23.0 Å². The Kier molecular flexibility index (Phi) is 3.54. The number of ether oxygens (including phenoxy) is 2. The minimum atomic E-state index is -3.53. The van der Waals surface area contributed by atoms with Gasteiger partial charge in [-0.15, -0.1) is 0 Å². The molecule has 5 nitrogen and oxygen atoms in total. The highest BCUT2D eigenvalue weighted by Gasteiger charge is 2.29. The molecule has 2 aromatic rings. The van der Waals surface area contributed by atoms with Gasteiger partial charge in [-0.25, -0.2) is 8.42 Å². The van der Waals surface area contributed by atoms with E-state index in [9.17, 15) is 13.5 Å². The first-order valence-electron chi connectivity index (χ1n) is 6.57. The van der Waals surface area contributed by atoms with E-state index in [1.165, 1.54) is 25.3 Å². The van der Waals surface area contributed by atoms with Crippen LogP contribution < -0.4 is 9.47 Å². The fraction of sp³-hybridized carbons (Fsp3) is 0.125. The number of fused-ring (bicyclic) bond motifs is 1. The zero-order chi connectivity index (χ0) is 15.7. The lowest BCUT2D eigenvalue weighted by atomic mass is 10.1. The Bertz CT molecular complexity index is 853. The molecule has 0 atom stereocenters. The van der Waals surface area contributed by atoms with Crippen molar-refractivity contribution in [2.24, 2.45) is 0 Å². The number of methoxy groups -OCH3 is 1. The number of para-hydroxylation sites is 2. The van der Waals surface area contributed by atoms with E-state index in [2.05, 4.69) is 0 Å². The van der Waals surface area contributed by atoms with Crippen molar-refractivity contribution in [1.82, 2.24) is 0 Å².